The van der Waals surface area contributed by atoms with E-state index in [1.165, 1.54) is 16.6 Å². The number of halogens is 1. The number of aromatic nitrogens is 4. The normalized spacial score (nSPS) is 16.8. The van der Waals surface area contributed by atoms with Crippen molar-refractivity contribution in [3.05, 3.63) is 48.3 Å². The molecule has 4 aromatic rings. The van der Waals surface area contributed by atoms with Crippen LogP contribution in [0.25, 0.3) is 27.9 Å². The molecule has 3 N–H and O–H groups in total. The highest BCUT2D eigenvalue weighted by Gasteiger charge is 2.23. The van der Waals surface area contributed by atoms with Crippen LogP contribution in [0.4, 0.5) is 10.3 Å². The Morgan fingerprint density at radius 2 is 2.00 bits per heavy atom. The number of hydrogen-bond donors (Lipinski definition) is 3. The van der Waals surface area contributed by atoms with Gasteiger partial charge >= 0.3 is 0 Å². The molecule has 0 aliphatic carbocycles. The van der Waals surface area contributed by atoms with Gasteiger partial charge in [0.15, 0.2) is 11.5 Å². The van der Waals surface area contributed by atoms with E-state index >= 15 is 0 Å². The average Bonchev–Trinajstić information content (AvgIpc) is 3.14. The van der Waals surface area contributed by atoms with Crippen molar-refractivity contribution in [3.8, 4) is 17.1 Å². The van der Waals surface area contributed by atoms with Gasteiger partial charge < -0.3 is 20.7 Å². The van der Waals surface area contributed by atoms with Gasteiger partial charge in [0, 0.05) is 30.6 Å². The van der Waals surface area contributed by atoms with Gasteiger partial charge in [-0.25, -0.2) is 14.4 Å². The van der Waals surface area contributed by atoms with Crippen molar-refractivity contribution in [1.82, 2.24) is 30.2 Å². The van der Waals surface area contributed by atoms with Gasteiger partial charge in [-0.3, -0.25) is 4.79 Å². The zero-order valence-electron chi connectivity index (χ0n) is 16.7. The minimum atomic E-state index is -0.537. The standard InChI is InChI=1S/C21H20FN7O2/c1-31-14-5-2-12(3-6-14)18-27-19-15-10-13(22)4-7-16(15)25-21(29(19)28-18)26-17-11-23-8-9-24-20(17)30/h2-7,10,17,23H,8-9,11H2,1H3,(H,24,30)(H,25,26)/t17-/m1/s1. The van der Waals surface area contributed by atoms with Crippen molar-refractivity contribution in [3.63, 3.8) is 0 Å². The van der Waals surface area contributed by atoms with Gasteiger partial charge in [0.1, 0.15) is 17.6 Å². The van der Waals surface area contributed by atoms with E-state index in [4.69, 9.17) is 4.74 Å². The summed E-state index contributed by atoms with van der Waals surface area (Å²) in [4.78, 5) is 21.6. The van der Waals surface area contributed by atoms with E-state index in [9.17, 15) is 9.18 Å². The van der Waals surface area contributed by atoms with Crippen LogP contribution in [0.15, 0.2) is 42.5 Å². The summed E-state index contributed by atoms with van der Waals surface area (Å²) in [5.41, 5.74) is 1.76. The highest BCUT2D eigenvalue weighted by Crippen LogP contribution is 2.26. The van der Waals surface area contributed by atoms with E-state index in [-0.39, 0.29) is 5.91 Å². The Bertz CT molecular complexity index is 1270. The number of carbonyl (C=O) groups excluding carboxylic acids is 1. The number of carbonyl (C=O) groups is 1. The molecule has 9 nitrogen and oxygen atoms in total. The molecule has 1 amide bonds. The third-order valence-corrected chi connectivity index (χ3v) is 5.15. The molecule has 1 aliphatic rings. The molecular weight excluding hydrogens is 401 g/mol. The van der Waals surface area contributed by atoms with Gasteiger partial charge in [0.05, 0.1) is 12.6 Å². The minimum Gasteiger partial charge on any atom is -0.497 e. The zero-order chi connectivity index (χ0) is 21.4. The zero-order valence-corrected chi connectivity index (χ0v) is 16.7. The van der Waals surface area contributed by atoms with E-state index < -0.39 is 11.9 Å². The Labute approximate surface area is 176 Å². The fourth-order valence-corrected chi connectivity index (χ4v) is 3.55. The van der Waals surface area contributed by atoms with Crippen molar-refractivity contribution in [2.45, 2.75) is 6.04 Å². The summed E-state index contributed by atoms with van der Waals surface area (Å²) in [6.07, 6.45) is 0. The maximum atomic E-state index is 14.0. The summed E-state index contributed by atoms with van der Waals surface area (Å²) in [6, 6.07) is 11.1. The number of methoxy groups -OCH3 is 1. The van der Waals surface area contributed by atoms with Gasteiger partial charge in [-0.2, -0.15) is 4.52 Å². The smallest absolute Gasteiger partial charge is 0.243 e. The van der Waals surface area contributed by atoms with Crippen molar-refractivity contribution in [2.24, 2.45) is 0 Å². The summed E-state index contributed by atoms with van der Waals surface area (Å²) in [7, 11) is 1.60. The number of nitrogens with one attached hydrogen (secondary N) is 3. The molecule has 2 aromatic heterocycles. The highest BCUT2D eigenvalue weighted by molar-refractivity contribution is 5.93. The largest absolute Gasteiger partial charge is 0.497 e. The Hall–Kier alpha value is -3.79. The molecule has 0 spiro atoms. The lowest BCUT2D eigenvalue weighted by atomic mass is 10.2. The number of rotatable bonds is 4. The molecular formula is C21H20FN7O2. The lowest BCUT2D eigenvalue weighted by Gasteiger charge is -2.16. The fourth-order valence-electron chi connectivity index (χ4n) is 3.55. The topological polar surface area (TPSA) is 105 Å². The Morgan fingerprint density at radius 3 is 2.81 bits per heavy atom. The number of ether oxygens (including phenoxy) is 1. The average molecular weight is 421 g/mol. The SMILES string of the molecule is COc1ccc(-c2nc3c4cc(F)ccc4nc(N[C@@H]4CNCCNC4=O)n3n2)cc1. The number of hydrogen-bond acceptors (Lipinski definition) is 7. The van der Waals surface area contributed by atoms with Crippen LogP contribution in [0.2, 0.25) is 0 Å². The third kappa shape index (κ3) is 3.61. The fraction of sp³-hybridized carbons (Fsp3) is 0.238. The van der Waals surface area contributed by atoms with Crippen LogP contribution < -0.4 is 20.7 Å². The summed E-state index contributed by atoms with van der Waals surface area (Å²) in [5.74, 6) is 1.00. The first kappa shape index (κ1) is 19.2. The predicted octanol–water partition coefficient (Wildman–Crippen LogP) is 1.59. The number of fused-ring (bicyclic) bond motifs is 3. The summed E-state index contributed by atoms with van der Waals surface area (Å²) >= 11 is 0. The molecule has 0 unspecified atom stereocenters. The quantitative estimate of drug-likeness (QED) is 0.460. The Kier molecular flexibility index (Phi) is 4.83. The van der Waals surface area contributed by atoms with Crippen LogP contribution in [-0.4, -0.2) is 58.3 Å². The van der Waals surface area contributed by atoms with Gasteiger partial charge in [-0.1, -0.05) is 0 Å². The van der Waals surface area contributed by atoms with Crippen LogP contribution in [0.1, 0.15) is 0 Å². The molecule has 1 atom stereocenters. The van der Waals surface area contributed by atoms with Crippen LogP contribution in [0.5, 0.6) is 5.75 Å². The lowest BCUT2D eigenvalue weighted by Crippen LogP contribution is -2.42. The maximum absolute atomic E-state index is 14.0. The molecule has 158 valence electrons. The Morgan fingerprint density at radius 1 is 1.16 bits per heavy atom. The first-order chi connectivity index (χ1) is 15.1. The second kappa shape index (κ2) is 7.80. The molecule has 1 aliphatic heterocycles. The van der Waals surface area contributed by atoms with Crippen molar-refractivity contribution < 1.29 is 13.9 Å². The monoisotopic (exact) mass is 421 g/mol. The summed E-state index contributed by atoms with van der Waals surface area (Å²) in [5, 5.41) is 14.3. The van der Waals surface area contributed by atoms with Gasteiger partial charge in [0.25, 0.3) is 0 Å². The predicted molar refractivity (Wildman–Crippen MR) is 114 cm³/mol. The van der Waals surface area contributed by atoms with Crippen molar-refractivity contribution in [2.75, 3.05) is 32.1 Å². The summed E-state index contributed by atoms with van der Waals surface area (Å²) < 4.78 is 20.7. The molecule has 1 fully saturated rings. The molecule has 31 heavy (non-hydrogen) atoms. The van der Waals surface area contributed by atoms with Crippen molar-refractivity contribution in [1.29, 1.82) is 0 Å². The van der Waals surface area contributed by atoms with E-state index in [1.54, 1.807) is 13.2 Å². The second-order valence-corrected chi connectivity index (χ2v) is 7.19. The third-order valence-electron chi connectivity index (χ3n) is 5.15. The van der Waals surface area contributed by atoms with Crippen LogP contribution >= 0.6 is 0 Å². The number of anilines is 1. The van der Waals surface area contributed by atoms with E-state index in [1.807, 2.05) is 24.3 Å². The van der Waals surface area contributed by atoms with Gasteiger partial charge in [0.2, 0.25) is 11.9 Å². The molecule has 5 rings (SSSR count). The Balaban J connectivity index is 1.65. The van der Waals surface area contributed by atoms with Gasteiger partial charge in [-0.15, -0.1) is 5.10 Å². The molecule has 0 bridgehead atoms. The molecule has 0 saturated carbocycles. The van der Waals surface area contributed by atoms with Crippen LogP contribution in [0.3, 0.4) is 0 Å². The number of benzene rings is 2. The molecule has 0 radical (unpaired) electrons. The second-order valence-electron chi connectivity index (χ2n) is 7.19. The van der Waals surface area contributed by atoms with E-state index in [0.29, 0.717) is 48.0 Å². The first-order valence-corrected chi connectivity index (χ1v) is 9.88. The number of amides is 1. The highest BCUT2D eigenvalue weighted by atomic mass is 19.1. The molecule has 3 heterocycles. The van der Waals surface area contributed by atoms with Crippen molar-refractivity contribution >= 4 is 28.4 Å². The maximum Gasteiger partial charge on any atom is 0.243 e. The first-order valence-electron chi connectivity index (χ1n) is 9.88. The van der Waals surface area contributed by atoms with Crippen LogP contribution in [0, 0.1) is 5.82 Å². The van der Waals surface area contributed by atoms with E-state index in [0.717, 1.165) is 11.3 Å². The van der Waals surface area contributed by atoms with Crippen LogP contribution in [-0.2, 0) is 4.79 Å². The molecule has 1 saturated heterocycles. The summed E-state index contributed by atoms with van der Waals surface area (Å²) in [6.45, 7) is 1.69. The number of nitrogens with zero attached hydrogens (tertiary/aromatic N) is 4. The molecule has 10 heteroatoms. The minimum absolute atomic E-state index is 0.130. The van der Waals surface area contributed by atoms with Gasteiger partial charge in [-0.05, 0) is 42.5 Å². The lowest BCUT2D eigenvalue weighted by molar-refractivity contribution is -0.121. The molecule has 2 aromatic carbocycles. The van der Waals surface area contributed by atoms with E-state index in [2.05, 4.69) is 31.0 Å².